The Balaban J connectivity index is 1.92. The highest BCUT2D eigenvalue weighted by atomic mass is 16.5. The summed E-state index contributed by atoms with van der Waals surface area (Å²) >= 11 is 0. The van der Waals surface area contributed by atoms with E-state index in [0.717, 1.165) is 17.5 Å². The van der Waals surface area contributed by atoms with Crippen molar-refractivity contribution >= 4 is 11.7 Å². The molecule has 1 saturated heterocycles. The van der Waals surface area contributed by atoms with E-state index in [1.807, 2.05) is 26.0 Å². The smallest absolute Gasteiger partial charge is 0.343 e. The Morgan fingerprint density at radius 2 is 1.97 bits per heavy atom. The van der Waals surface area contributed by atoms with Crippen LogP contribution in [-0.4, -0.2) is 55.6 Å². The number of nitrogens with zero attached hydrogens (tertiary/aromatic N) is 1. The Morgan fingerprint density at radius 1 is 1.23 bits per heavy atom. The van der Waals surface area contributed by atoms with E-state index in [1.54, 1.807) is 20.1 Å². The Kier molecular flexibility index (Phi) is 7.12. The highest BCUT2D eigenvalue weighted by Gasteiger charge is 2.24. The molecule has 1 fully saturated rings. The van der Waals surface area contributed by atoms with Gasteiger partial charge in [-0.1, -0.05) is 0 Å². The number of hydrogen-bond acceptors (Lipinski definition) is 7. The molecule has 8 nitrogen and oxygen atoms in total. The molecular weight excluding hydrogens is 388 g/mol. The van der Waals surface area contributed by atoms with E-state index < -0.39 is 5.97 Å². The SMILES string of the molecule is COCCOc1cc(C)c(Oc2nc(C)cc(NC3CCOC3)c2C(=O)O)c(C)c1. The molecule has 1 atom stereocenters. The van der Waals surface area contributed by atoms with Gasteiger partial charge in [-0.3, -0.25) is 0 Å². The largest absolute Gasteiger partial charge is 0.491 e. The van der Waals surface area contributed by atoms with Gasteiger partial charge in [-0.2, -0.15) is 0 Å². The van der Waals surface area contributed by atoms with Crippen LogP contribution in [0.3, 0.4) is 0 Å². The van der Waals surface area contributed by atoms with Crippen LogP contribution in [0.1, 0.15) is 33.6 Å². The summed E-state index contributed by atoms with van der Waals surface area (Å²) in [6.45, 7) is 7.71. The van der Waals surface area contributed by atoms with Crippen LogP contribution in [0.15, 0.2) is 18.2 Å². The van der Waals surface area contributed by atoms with E-state index in [0.29, 0.717) is 49.3 Å². The number of rotatable bonds is 9. The van der Waals surface area contributed by atoms with Gasteiger partial charge in [-0.15, -0.1) is 0 Å². The lowest BCUT2D eigenvalue weighted by atomic mass is 10.1. The summed E-state index contributed by atoms with van der Waals surface area (Å²) in [6.07, 6.45) is 0.819. The quantitative estimate of drug-likeness (QED) is 0.597. The van der Waals surface area contributed by atoms with Crippen molar-refractivity contribution in [2.24, 2.45) is 0 Å². The molecule has 2 N–H and O–H groups in total. The van der Waals surface area contributed by atoms with Crippen molar-refractivity contribution in [3.63, 3.8) is 0 Å². The third-order valence-electron chi connectivity index (χ3n) is 4.81. The number of aromatic carboxylic acids is 1. The van der Waals surface area contributed by atoms with E-state index in [-0.39, 0.29) is 17.5 Å². The second-order valence-electron chi connectivity index (χ2n) is 7.33. The van der Waals surface area contributed by atoms with Crippen LogP contribution in [0.5, 0.6) is 17.4 Å². The first-order valence-corrected chi connectivity index (χ1v) is 9.89. The van der Waals surface area contributed by atoms with Gasteiger partial charge in [0.05, 0.1) is 24.9 Å². The summed E-state index contributed by atoms with van der Waals surface area (Å²) in [7, 11) is 1.62. The Morgan fingerprint density at radius 3 is 2.57 bits per heavy atom. The van der Waals surface area contributed by atoms with Crippen LogP contribution < -0.4 is 14.8 Å². The number of aromatic nitrogens is 1. The van der Waals surface area contributed by atoms with E-state index >= 15 is 0 Å². The number of anilines is 1. The van der Waals surface area contributed by atoms with Crippen LogP contribution in [0.2, 0.25) is 0 Å². The number of benzene rings is 1. The van der Waals surface area contributed by atoms with Crippen molar-refractivity contribution in [2.75, 3.05) is 38.9 Å². The van der Waals surface area contributed by atoms with Crippen LogP contribution in [0.25, 0.3) is 0 Å². The van der Waals surface area contributed by atoms with Gasteiger partial charge in [-0.05, 0) is 56.5 Å². The first kappa shape index (κ1) is 21.9. The zero-order valence-corrected chi connectivity index (χ0v) is 17.8. The zero-order valence-electron chi connectivity index (χ0n) is 17.8. The van der Waals surface area contributed by atoms with Gasteiger partial charge < -0.3 is 29.4 Å². The Bertz CT molecular complexity index is 886. The molecule has 1 aliphatic rings. The van der Waals surface area contributed by atoms with Gasteiger partial charge >= 0.3 is 5.97 Å². The average molecular weight is 416 g/mol. The highest BCUT2D eigenvalue weighted by Crippen LogP contribution is 2.35. The highest BCUT2D eigenvalue weighted by molar-refractivity contribution is 5.97. The van der Waals surface area contributed by atoms with Crippen LogP contribution in [0, 0.1) is 20.8 Å². The lowest BCUT2D eigenvalue weighted by molar-refractivity contribution is 0.0694. The van der Waals surface area contributed by atoms with E-state index in [2.05, 4.69) is 10.3 Å². The molecule has 2 aromatic rings. The molecule has 30 heavy (non-hydrogen) atoms. The van der Waals surface area contributed by atoms with E-state index in [1.165, 1.54) is 0 Å². The van der Waals surface area contributed by atoms with Crippen molar-refractivity contribution in [3.05, 3.63) is 40.6 Å². The maximum Gasteiger partial charge on any atom is 0.343 e. The number of hydrogen-bond donors (Lipinski definition) is 2. The van der Waals surface area contributed by atoms with Crippen molar-refractivity contribution in [3.8, 4) is 17.4 Å². The van der Waals surface area contributed by atoms with E-state index in [9.17, 15) is 9.90 Å². The predicted molar refractivity (Wildman–Crippen MR) is 112 cm³/mol. The lowest BCUT2D eigenvalue weighted by Gasteiger charge is -2.19. The molecule has 2 heterocycles. The van der Waals surface area contributed by atoms with E-state index in [4.69, 9.17) is 18.9 Å². The summed E-state index contributed by atoms with van der Waals surface area (Å²) < 4.78 is 22.1. The van der Waals surface area contributed by atoms with Crippen LogP contribution in [-0.2, 0) is 9.47 Å². The van der Waals surface area contributed by atoms with Gasteiger partial charge in [0.25, 0.3) is 0 Å². The first-order valence-electron chi connectivity index (χ1n) is 9.89. The minimum atomic E-state index is -1.10. The molecule has 162 valence electrons. The van der Waals surface area contributed by atoms with Crippen molar-refractivity contribution in [2.45, 2.75) is 33.2 Å². The van der Waals surface area contributed by atoms with Gasteiger partial charge in [0.15, 0.2) is 0 Å². The Hall–Kier alpha value is -2.84. The summed E-state index contributed by atoms with van der Waals surface area (Å²) in [5.41, 5.74) is 2.79. The standard InChI is InChI=1S/C22H28N2O6/c1-13-9-17(29-8-7-27-4)10-14(2)20(13)30-21-19(22(25)26)18(11-15(3)23-21)24-16-5-6-28-12-16/h9-11,16H,5-8,12H2,1-4H3,(H,23,24)(H,25,26). The fourth-order valence-corrected chi connectivity index (χ4v) is 3.40. The molecule has 3 rings (SSSR count). The third kappa shape index (κ3) is 5.20. The van der Waals surface area contributed by atoms with Crippen LogP contribution in [0.4, 0.5) is 5.69 Å². The maximum absolute atomic E-state index is 12.1. The molecule has 1 aromatic heterocycles. The fraction of sp³-hybridized carbons (Fsp3) is 0.455. The Labute approximate surface area is 176 Å². The average Bonchev–Trinajstić information content (AvgIpc) is 3.17. The molecule has 1 aliphatic heterocycles. The molecule has 1 unspecified atom stereocenters. The molecule has 0 bridgehead atoms. The van der Waals surface area contributed by atoms with Gasteiger partial charge in [-0.25, -0.2) is 9.78 Å². The molecular formula is C22H28N2O6. The summed E-state index contributed by atoms with van der Waals surface area (Å²) in [5, 5.41) is 13.1. The number of carboxylic acids is 1. The number of ether oxygens (including phenoxy) is 4. The lowest BCUT2D eigenvalue weighted by Crippen LogP contribution is -2.21. The van der Waals surface area contributed by atoms with Crippen molar-refractivity contribution in [1.29, 1.82) is 0 Å². The molecule has 0 radical (unpaired) electrons. The number of methoxy groups -OCH3 is 1. The predicted octanol–water partition coefficient (Wildman–Crippen LogP) is 3.72. The van der Waals surface area contributed by atoms with Gasteiger partial charge in [0.2, 0.25) is 5.88 Å². The number of carbonyl (C=O) groups is 1. The van der Waals surface area contributed by atoms with Crippen molar-refractivity contribution in [1.82, 2.24) is 4.98 Å². The van der Waals surface area contributed by atoms with Gasteiger partial charge in [0, 0.05) is 19.4 Å². The number of nitrogens with one attached hydrogen (secondary N) is 1. The second-order valence-corrected chi connectivity index (χ2v) is 7.33. The second kappa shape index (κ2) is 9.77. The summed E-state index contributed by atoms with van der Waals surface area (Å²) in [4.78, 5) is 16.4. The molecule has 0 amide bonds. The summed E-state index contributed by atoms with van der Waals surface area (Å²) in [6, 6.07) is 5.48. The third-order valence-corrected chi connectivity index (χ3v) is 4.81. The monoisotopic (exact) mass is 416 g/mol. The maximum atomic E-state index is 12.1. The van der Waals surface area contributed by atoms with Crippen LogP contribution >= 0.6 is 0 Å². The molecule has 8 heteroatoms. The molecule has 0 saturated carbocycles. The summed E-state index contributed by atoms with van der Waals surface area (Å²) in [5.74, 6) is 0.218. The zero-order chi connectivity index (χ0) is 21.7. The fourth-order valence-electron chi connectivity index (χ4n) is 3.40. The number of aryl methyl sites for hydroxylation is 3. The minimum absolute atomic E-state index is 0.00622. The molecule has 0 spiro atoms. The van der Waals surface area contributed by atoms with Crippen molar-refractivity contribution < 1.29 is 28.8 Å². The normalized spacial score (nSPS) is 15.8. The minimum Gasteiger partial charge on any atom is -0.491 e. The topological polar surface area (TPSA) is 99.1 Å². The molecule has 0 aliphatic carbocycles. The molecule has 1 aromatic carbocycles. The van der Waals surface area contributed by atoms with Gasteiger partial charge in [0.1, 0.15) is 23.7 Å². The first-order chi connectivity index (χ1) is 14.4. The number of pyridine rings is 1. The number of carboxylic acid groups (broad SMARTS) is 1.